The van der Waals surface area contributed by atoms with E-state index in [0.29, 0.717) is 19.6 Å². The summed E-state index contributed by atoms with van der Waals surface area (Å²) in [6.07, 6.45) is 10.1. The molecule has 1 N–H and O–H groups in total. The van der Waals surface area contributed by atoms with Crippen LogP contribution in [0.5, 0.6) is 0 Å². The fourth-order valence-corrected chi connectivity index (χ4v) is 7.12. The fourth-order valence-electron chi connectivity index (χ4n) is 7.12. The smallest absolute Gasteiger partial charge is 0.318 e. The van der Waals surface area contributed by atoms with Gasteiger partial charge < -0.3 is 29.0 Å². The van der Waals surface area contributed by atoms with E-state index in [2.05, 4.69) is 68.4 Å². The van der Waals surface area contributed by atoms with Gasteiger partial charge in [0, 0.05) is 93.5 Å². The van der Waals surface area contributed by atoms with Crippen molar-refractivity contribution >= 4 is 23.2 Å². The van der Waals surface area contributed by atoms with Crippen molar-refractivity contribution in [3.8, 4) is 0 Å². The van der Waals surface area contributed by atoms with E-state index in [4.69, 9.17) is 0 Å². The Morgan fingerprint density at radius 1 is 0.881 bits per heavy atom. The van der Waals surface area contributed by atoms with Crippen LogP contribution in [0.2, 0.25) is 0 Å². The summed E-state index contributed by atoms with van der Waals surface area (Å²) in [5.41, 5.74) is 3.92. The molecule has 1 spiro atoms. The van der Waals surface area contributed by atoms with Gasteiger partial charge in [0.2, 0.25) is 0 Å². The minimum Gasteiger partial charge on any atom is -0.370 e. The Morgan fingerprint density at radius 3 is 2.38 bits per heavy atom. The molecule has 1 aromatic carbocycles. The summed E-state index contributed by atoms with van der Waals surface area (Å²) in [6, 6.07) is 14.5. The maximum Gasteiger partial charge on any atom is 0.318 e. The molecule has 4 aromatic rings. The van der Waals surface area contributed by atoms with Gasteiger partial charge in [-0.2, -0.15) is 0 Å². The van der Waals surface area contributed by atoms with E-state index in [1.54, 1.807) is 23.0 Å². The SMILES string of the molecule is Cc1cc(N2CC[C@](C)(c3ccccc3)C2)cc(=O)n1CCN1CC2(CCN(c3nccn4ccnc34)CC2)NC1=O. The summed E-state index contributed by atoms with van der Waals surface area (Å²) in [6.45, 7) is 9.35. The van der Waals surface area contributed by atoms with Crippen LogP contribution in [0.15, 0.2) is 72.0 Å². The monoisotopic (exact) mass is 566 g/mol. The third-order valence-corrected chi connectivity index (χ3v) is 9.69. The maximum atomic E-state index is 13.3. The molecular weight excluding hydrogens is 528 g/mol. The van der Waals surface area contributed by atoms with E-state index >= 15 is 0 Å². The first-order chi connectivity index (χ1) is 20.3. The summed E-state index contributed by atoms with van der Waals surface area (Å²) in [5, 5.41) is 3.28. The number of hydrogen-bond donors (Lipinski definition) is 1. The number of carbonyl (C=O) groups is 1. The third-order valence-electron chi connectivity index (χ3n) is 9.69. The number of imidazole rings is 1. The zero-order valence-electron chi connectivity index (χ0n) is 24.4. The minimum atomic E-state index is -0.251. The number of anilines is 2. The second-order valence-electron chi connectivity index (χ2n) is 12.5. The molecule has 1 atom stereocenters. The van der Waals surface area contributed by atoms with Crippen molar-refractivity contribution < 1.29 is 4.79 Å². The molecule has 2 amide bonds. The van der Waals surface area contributed by atoms with Gasteiger partial charge in [0.15, 0.2) is 11.5 Å². The zero-order valence-corrected chi connectivity index (χ0v) is 24.4. The first-order valence-electron chi connectivity index (χ1n) is 14.9. The van der Waals surface area contributed by atoms with Gasteiger partial charge in [-0.1, -0.05) is 37.3 Å². The molecule has 3 aromatic heterocycles. The highest BCUT2D eigenvalue weighted by molar-refractivity contribution is 5.78. The Morgan fingerprint density at radius 2 is 1.62 bits per heavy atom. The first-order valence-corrected chi connectivity index (χ1v) is 14.9. The molecule has 218 valence electrons. The largest absolute Gasteiger partial charge is 0.370 e. The Labute approximate surface area is 245 Å². The van der Waals surface area contributed by atoms with E-state index < -0.39 is 0 Å². The van der Waals surface area contributed by atoms with Gasteiger partial charge in [0.25, 0.3) is 5.56 Å². The predicted molar refractivity (Wildman–Crippen MR) is 163 cm³/mol. The molecule has 42 heavy (non-hydrogen) atoms. The lowest BCUT2D eigenvalue weighted by molar-refractivity contribution is 0.215. The third kappa shape index (κ3) is 4.68. The van der Waals surface area contributed by atoms with E-state index in [0.717, 1.165) is 68.3 Å². The van der Waals surface area contributed by atoms with Crippen molar-refractivity contribution in [2.24, 2.45) is 0 Å². The average Bonchev–Trinajstić information content (AvgIpc) is 3.71. The second-order valence-corrected chi connectivity index (χ2v) is 12.5. The van der Waals surface area contributed by atoms with Crippen molar-refractivity contribution in [3.63, 3.8) is 0 Å². The van der Waals surface area contributed by atoms with Crippen LogP contribution in [-0.2, 0) is 12.0 Å². The van der Waals surface area contributed by atoms with Gasteiger partial charge in [-0.3, -0.25) is 4.79 Å². The summed E-state index contributed by atoms with van der Waals surface area (Å²) in [5.74, 6) is 0.885. The maximum absolute atomic E-state index is 13.3. The van der Waals surface area contributed by atoms with Gasteiger partial charge >= 0.3 is 6.03 Å². The van der Waals surface area contributed by atoms with Crippen LogP contribution in [0.25, 0.3) is 5.65 Å². The molecule has 3 aliphatic rings. The molecule has 3 aliphatic heterocycles. The van der Waals surface area contributed by atoms with Crippen LogP contribution in [-0.4, -0.2) is 74.7 Å². The van der Waals surface area contributed by atoms with Gasteiger partial charge in [-0.15, -0.1) is 0 Å². The van der Waals surface area contributed by atoms with Crippen molar-refractivity contribution in [2.45, 2.75) is 50.6 Å². The number of urea groups is 1. The first kappa shape index (κ1) is 26.6. The van der Waals surface area contributed by atoms with Crippen LogP contribution < -0.4 is 20.7 Å². The number of benzene rings is 1. The number of fused-ring (bicyclic) bond motifs is 1. The zero-order chi connectivity index (χ0) is 28.9. The molecule has 6 heterocycles. The highest BCUT2D eigenvalue weighted by atomic mass is 16.2. The molecule has 0 saturated carbocycles. The quantitative estimate of drug-likeness (QED) is 0.385. The van der Waals surface area contributed by atoms with Gasteiger partial charge in [-0.05, 0) is 37.8 Å². The highest BCUT2D eigenvalue weighted by Crippen LogP contribution is 2.36. The van der Waals surface area contributed by atoms with Crippen LogP contribution >= 0.6 is 0 Å². The average molecular weight is 567 g/mol. The Bertz CT molecular complexity index is 1670. The number of aryl methyl sites for hydroxylation is 1. The van der Waals surface area contributed by atoms with E-state index in [9.17, 15) is 9.59 Å². The number of piperidine rings is 1. The molecule has 10 nitrogen and oxygen atoms in total. The molecule has 7 rings (SSSR count). The number of nitrogens with one attached hydrogen (secondary N) is 1. The molecule has 0 unspecified atom stereocenters. The number of amides is 2. The molecular formula is C32H38N8O2. The second kappa shape index (κ2) is 10.2. The number of aromatic nitrogens is 4. The van der Waals surface area contributed by atoms with E-state index in [1.165, 1.54) is 5.56 Å². The lowest BCUT2D eigenvalue weighted by Crippen LogP contribution is -2.52. The number of pyridine rings is 1. The molecule has 0 bridgehead atoms. The van der Waals surface area contributed by atoms with Crippen molar-refractivity contribution in [1.29, 1.82) is 0 Å². The Kier molecular flexibility index (Phi) is 6.44. The van der Waals surface area contributed by atoms with Gasteiger partial charge in [0.05, 0.1) is 5.54 Å². The summed E-state index contributed by atoms with van der Waals surface area (Å²) in [7, 11) is 0. The molecule has 3 fully saturated rings. The highest BCUT2D eigenvalue weighted by Gasteiger charge is 2.44. The molecule has 0 aliphatic carbocycles. The predicted octanol–water partition coefficient (Wildman–Crippen LogP) is 3.43. The Balaban J connectivity index is 0.982. The summed E-state index contributed by atoms with van der Waals surface area (Å²) in [4.78, 5) is 41.8. The summed E-state index contributed by atoms with van der Waals surface area (Å²) < 4.78 is 3.78. The van der Waals surface area contributed by atoms with Crippen LogP contribution in [0.3, 0.4) is 0 Å². The normalized spacial score (nSPS) is 22.0. The van der Waals surface area contributed by atoms with Crippen LogP contribution in [0, 0.1) is 6.92 Å². The van der Waals surface area contributed by atoms with Crippen molar-refractivity contribution in [3.05, 3.63) is 88.9 Å². The Hall–Kier alpha value is -4.34. The van der Waals surface area contributed by atoms with E-state index in [-0.39, 0.29) is 22.5 Å². The topological polar surface area (TPSA) is 91.0 Å². The minimum absolute atomic E-state index is 0.0124. The summed E-state index contributed by atoms with van der Waals surface area (Å²) >= 11 is 0. The molecule has 3 saturated heterocycles. The number of hydrogen-bond acceptors (Lipinski definition) is 6. The van der Waals surface area contributed by atoms with Crippen LogP contribution in [0.1, 0.15) is 37.4 Å². The van der Waals surface area contributed by atoms with Gasteiger partial charge in [0.1, 0.15) is 0 Å². The van der Waals surface area contributed by atoms with Gasteiger partial charge in [-0.25, -0.2) is 14.8 Å². The van der Waals surface area contributed by atoms with E-state index in [1.807, 2.05) is 28.6 Å². The standard InChI is InChI=1S/C32H38N8O2/c1-24-20-26(38-13-8-31(2,22-38)25-6-4-3-5-7-25)21-27(41)40(24)19-18-39-23-32(35-30(39)42)9-14-36(15-10-32)28-29-34-12-17-37(29)16-11-33-28/h3-7,11-12,16-17,20-21H,8-10,13-15,18-19,22-23H2,1-2H3,(H,35,42)/t31-/m0/s1. The lowest BCUT2D eigenvalue weighted by Gasteiger charge is -2.39. The molecule has 0 radical (unpaired) electrons. The lowest BCUT2D eigenvalue weighted by atomic mass is 9.82. The molecule has 10 heteroatoms. The number of rotatable bonds is 6. The number of carbonyl (C=O) groups excluding carboxylic acids is 1. The number of nitrogens with zero attached hydrogens (tertiary/aromatic N) is 7. The van der Waals surface area contributed by atoms with Crippen LogP contribution in [0.4, 0.5) is 16.3 Å². The fraction of sp³-hybridized carbons (Fsp3) is 0.438. The van der Waals surface area contributed by atoms with Crippen molar-refractivity contribution in [2.75, 3.05) is 49.1 Å². The van der Waals surface area contributed by atoms with Crippen molar-refractivity contribution in [1.82, 2.24) is 29.2 Å².